The summed E-state index contributed by atoms with van der Waals surface area (Å²) in [5.74, 6) is 0. The van der Waals surface area contributed by atoms with E-state index in [0.29, 0.717) is 0 Å². The summed E-state index contributed by atoms with van der Waals surface area (Å²) in [6.07, 6.45) is -1.49. The molecule has 0 atom stereocenters. The highest BCUT2D eigenvalue weighted by Gasteiger charge is 2.79. The maximum absolute atomic E-state index is 7.14. The smallest absolute Gasteiger partial charge is 0.151 e. The lowest BCUT2D eigenvalue weighted by atomic mass is 11.8. The van der Waals surface area contributed by atoms with Crippen molar-refractivity contribution in [1.29, 1.82) is 0 Å². The van der Waals surface area contributed by atoms with E-state index in [9.17, 15) is 0 Å². The molecule has 0 rings (SSSR count). The second-order valence-electron chi connectivity index (χ2n) is 12.9. The van der Waals surface area contributed by atoms with Gasteiger partial charge in [-0.15, -0.1) is 0 Å². The molecule has 0 amide bonds. The fourth-order valence-corrected chi connectivity index (χ4v) is 326. The second kappa shape index (κ2) is 6.82. The Labute approximate surface area is 160 Å². The molecule has 0 aromatic rings. The lowest BCUT2D eigenvalue weighted by Gasteiger charge is -2.71. The molecule has 8 heteroatoms. The summed E-state index contributed by atoms with van der Waals surface area (Å²) in [6, 6.07) is 0. The zero-order chi connectivity index (χ0) is 20.2. The summed E-state index contributed by atoms with van der Waals surface area (Å²) >= 11 is 0. The molecule has 0 aromatic heterocycles. The Morgan fingerprint density at radius 2 is 0.583 bits per heavy atom. The molecule has 0 fully saturated rings. The van der Waals surface area contributed by atoms with Crippen LogP contribution < -0.4 is 0 Å². The molecular formula is C16H48OSi7. The Morgan fingerprint density at radius 1 is 0.375 bits per heavy atom. The van der Waals surface area contributed by atoms with Crippen molar-refractivity contribution in [3.8, 4) is 0 Å². The highest BCUT2D eigenvalue weighted by molar-refractivity contribution is 8.18. The molecule has 1 nitrogen and oxygen atoms in total. The van der Waals surface area contributed by atoms with Gasteiger partial charge in [-0.3, -0.25) is 0 Å². The summed E-state index contributed by atoms with van der Waals surface area (Å²) < 4.78 is 7.14. The molecule has 0 spiro atoms. The maximum atomic E-state index is 7.14. The lowest BCUT2D eigenvalue weighted by Crippen LogP contribution is -3.03. The van der Waals surface area contributed by atoms with Gasteiger partial charge in [0.25, 0.3) is 0 Å². The zero-order valence-electron chi connectivity index (χ0n) is 19.9. The quantitative estimate of drug-likeness (QED) is 0.418. The van der Waals surface area contributed by atoms with Crippen molar-refractivity contribution in [2.24, 2.45) is 0 Å². The van der Waals surface area contributed by atoms with E-state index in [1.165, 1.54) is 0 Å². The Kier molecular flexibility index (Phi) is 7.24. The van der Waals surface area contributed by atoms with E-state index < -0.39 is 51.0 Å². The predicted octanol–water partition coefficient (Wildman–Crippen LogP) is 6.19. The fraction of sp³-hybridized carbons (Fsp3) is 1.00. The largest absolute Gasteiger partial charge is 0.430 e. The summed E-state index contributed by atoms with van der Waals surface area (Å²) in [5, 5.41) is 0. The highest BCUT2D eigenvalue weighted by atomic mass is 30.3. The van der Waals surface area contributed by atoms with Gasteiger partial charge in [-0.05, 0) is 0 Å². The Balaban J connectivity index is 7.67. The molecule has 146 valence electrons. The molecule has 0 aliphatic rings. The van der Waals surface area contributed by atoms with Crippen molar-refractivity contribution in [1.82, 2.24) is 0 Å². The Hall–Kier alpha value is 1.48. The van der Waals surface area contributed by atoms with E-state index in [1.807, 2.05) is 0 Å². The molecule has 0 unspecified atom stereocenters. The first-order chi connectivity index (χ1) is 10.1. The minimum Gasteiger partial charge on any atom is -0.430 e. The topological polar surface area (TPSA) is 9.23 Å². The van der Waals surface area contributed by atoms with Crippen molar-refractivity contribution in [2.75, 3.05) is 7.11 Å². The van der Waals surface area contributed by atoms with Gasteiger partial charge in [-0.1, -0.05) is 98.2 Å². The van der Waals surface area contributed by atoms with E-state index in [1.54, 1.807) is 0 Å². The van der Waals surface area contributed by atoms with Gasteiger partial charge >= 0.3 is 0 Å². The average Bonchev–Trinajstić information content (AvgIpc) is 2.14. The van der Waals surface area contributed by atoms with E-state index in [0.717, 1.165) is 0 Å². The molecule has 24 heavy (non-hydrogen) atoms. The van der Waals surface area contributed by atoms with Gasteiger partial charge in [0.05, 0.1) is 21.3 Å². The lowest BCUT2D eigenvalue weighted by molar-refractivity contribution is 0.436. The maximum Gasteiger partial charge on any atom is 0.151 e. The first-order valence-corrected chi connectivity index (χ1v) is 37.0. The predicted molar refractivity (Wildman–Crippen MR) is 135 cm³/mol. The summed E-state index contributed by atoms with van der Waals surface area (Å²) in [7, 11) is -4.56. The van der Waals surface area contributed by atoms with E-state index in [4.69, 9.17) is 4.43 Å². The average molecular weight is 453 g/mol. The number of hydrogen-bond acceptors (Lipinski definition) is 1. The third-order valence-electron chi connectivity index (χ3n) is 6.32. The van der Waals surface area contributed by atoms with Crippen LogP contribution in [0.5, 0.6) is 0 Å². The molecule has 0 saturated heterocycles. The molecule has 0 radical (unpaired) electrons. The molecule has 0 aliphatic heterocycles. The third kappa shape index (κ3) is 3.47. The normalized spacial score (nSPS) is 16.5. The minimum atomic E-state index is -1.76. The van der Waals surface area contributed by atoms with Gasteiger partial charge in [0.2, 0.25) is 0 Å². The standard InChI is InChI=1S/C16H48OSi7/c1-17-23(18(2,3)4,19(5,6)7)24(20(8,9)10,21(11,12)13)22(14,15)16/h1-16H3. The zero-order valence-corrected chi connectivity index (χ0v) is 26.9. The molecule has 0 N–H and O–H groups in total. The van der Waals surface area contributed by atoms with Crippen molar-refractivity contribution in [3.63, 3.8) is 0 Å². The van der Waals surface area contributed by atoms with Crippen LogP contribution in [0.3, 0.4) is 0 Å². The van der Waals surface area contributed by atoms with Gasteiger partial charge in [0.15, 0.2) is 6.87 Å². The first kappa shape index (κ1) is 25.5. The Bertz CT molecular complexity index is 391. The van der Waals surface area contributed by atoms with Crippen molar-refractivity contribution in [3.05, 3.63) is 0 Å². The summed E-state index contributed by atoms with van der Waals surface area (Å²) in [6.45, 7) is 39.3. The van der Waals surface area contributed by atoms with Crippen molar-refractivity contribution in [2.45, 2.75) is 98.2 Å². The Morgan fingerprint density at radius 3 is 0.625 bits per heavy atom. The summed E-state index contributed by atoms with van der Waals surface area (Å²) in [4.78, 5) is 0. The monoisotopic (exact) mass is 452 g/mol. The van der Waals surface area contributed by atoms with Crippen LogP contribution in [0.1, 0.15) is 0 Å². The SMILES string of the molecule is CO[Si]([Si](C)(C)C)([Si](C)(C)C)[Si]([Si](C)(C)C)([Si](C)(C)C)[Si](C)(C)C. The minimum absolute atomic E-state index is 1.32. The summed E-state index contributed by atoms with van der Waals surface area (Å²) in [5.41, 5.74) is 0. The van der Waals surface area contributed by atoms with Crippen LogP contribution in [0.15, 0.2) is 0 Å². The number of hydrogen-bond donors (Lipinski definition) is 0. The molecular weight excluding hydrogens is 405 g/mol. The van der Waals surface area contributed by atoms with Crippen LogP contribution in [0.25, 0.3) is 0 Å². The molecule has 0 aromatic carbocycles. The van der Waals surface area contributed by atoms with Crippen molar-refractivity contribution >= 4 is 51.0 Å². The van der Waals surface area contributed by atoms with Gasteiger partial charge in [0.1, 0.15) is 0 Å². The van der Waals surface area contributed by atoms with Crippen LogP contribution in [0.4, 0.5) is 0 Å². The van der Waals surface area contributed by atoms with Crippen LogP contribution >= 0.6 is 0 Å². The fourth-order valence-electron chi connectivity index (χ4n) is 7.97. The number of rotatable bonds is 7. The van der Waals surface area contributed by atoms with E-state index in [2.05, 4.69) is 105 Å². The van der Waals surface area contributed by atoms with Gasteiger partial charge in [-0.25, -0.2) is 0 Å². The molecule has 0 heterocycles. The van der Waals surface area contributed by atoms with Crippen molar-refractivity contribution < 1.29 is 4.43 Å². The van der Waals surface area contributed by atoms with E-state index >= 15 is 0 Å². The molecule has 0 bridgehead atoms. The highest BCUT2D eigenvalue weighted by Crippen LogP contribution is 2.50. The van der Waals surface area contributed by atoms with Gasteiger partial charge in [0, 0.05) is 29.9 Å². The first-order valence-electron chi connectivity index (χ1n) is 9.61. The van der Waals surface area contributed by atoms with Crippen LogP contribution in [-0.4, -0.2) is 58.1 Å². The van der Waals surface area contributed by atoms with Gasteiger partial charge < -0.3 is 4.43 Å². The van der Waals surface area contributed by atoms with E-state index in [-0.39, 0.29) is 0 Å². The van der Waals surface area contributed by atoms with Gasteiger partial charge in [-0.2, -0.15) is 0 Å². The second-order valence-corrected chi connectivity index (χ2v) is 90.0. The molecule has 0 saturated carbocycles. The molecule has 0 aliphatic carbocycles. The van der Waals surface area contributed by atoms with Crippen LogP contribution in [-0.2, 0) is 4.43 Å². The van der Waals surface area contributed by atoms with Crippen LogP contribution in [0, 0.1) is 0 Å². The third-order valence-corrected chi connectivity index (χ3v) is 174. The van der Waals surface area contributed by atoms with Crippen LogP contribution in [0.2, 0.25) is 98.2 Å².